The second-order valence-electron chi connectivity index (χ2n) is 8.14. The van der Waals surface area contributed by atoms with Crippen molar-refractivity contribution in [2.24, 2.45) is 0 Å². The summed E-state index contributed by atoms with van der Waals surface area (Å²) in [6.45, 7) is 4.97. The highest BCUT2D eigenvalue weighted by molar-refractivity contribution is 7.20. The van der Waals surface area contributed by atoms with E-state index in [-0.39, 0.29) is 12.0 Å². The van der Waals surface area contributed by atoms with Crippen molar-refractivity contribution < 1.29 is 13.9 Å². The van der Waals surface area contributed by atoms with Crippen molar-refractivity contribution in [2.75, 3.05) is 33.8 Å². The van der Waals surface area contributed by atoms with Crippen molar-refractivity contribution in [1.29, 1.82) is 0 Å². The van der Waals surface area contributed by atoms with Crippen LogP contribution in [0.1, 0.15) is 32.7 Å². The first-order valence-corrected chi connectivity index (χ1v) is 11.2. The highest BCUT2D eigenvalue weighted by Gasteiger charge is 2.31. The van der Waals surface area contributed by atoms with E-state index in [0.717, 1.165) is 45.6 Å². The lowest BCUT2D eigenvalue weighted by molar-refractivity contribution is -0.0341. The van der Waals surface area contributed by atoms with Crippen LogP contribution in [0.5, 0.6) is 0 Å². The average molecular weight is 436 g/mol. The topological polar surface area (TPSA) is 58.8 Å². The summed E-state index contributed by atoms with van der Waals surface area (Å²) in [5, 5.41) is 2.17. The number of nitrogens with zero attached hydrogens (tertiary/aromatic N) is 3. The van der Waals surface area contributed by atoms with Crippen LogP contribution in [0.15, 0.2) is 47.0 Å². The van der Waals surface area contributed by atoms with Gasteiger partial charge in [-0.3, -0.25) is 9.69 Å². The molecule has 6 nitrogen and oxygen atoms in total. The predicted molar refractivity (Wildman–Crippen MR) is 123 cm³/mol. The summed E-state index contributed by atoms with van der Waals surface area (Å²) in [7, 11) is 3.56. The van der Waals surface area contributed by atoms with Gasteiger partial charge < -0.3 is 14.1 Å². The molecule has 1 atom stereocenters. The first-order chi connectivity index (χ1) is 15.0. The molecule has 1 aromatic carbocycles. The zero-order valence-electron chi connectivity index (χ0n) is 17.9. The standard InChI is InChI=1S/C24H25N3O3S/c1-15-16-7-4-5-9-18(16)30-19(15)13-27-11-12-29-20(14-27)21-17-8-6-10-25-23(17)31-22(21)24(28)26(2)3/h4-10,20H,11-14H2,1-3H3/t20-/m0/s1. The maximum Gasteiger partial charge on any atom is 0.263 e. The van der Waals surface area contributed by atoms with E-state index < -0.39 is 0 Å². The van der Waals surface area contributed by atoms with Gasteiger partial charge in [0.2, 0.25) is 0 Å². The van der Waals surface area contributed by atoms with Crippen molar-refractivity contribution in [1.82, 2.24) is 14.8 Å². The zero-order valence-corrected chi connectivity index (χ0v) is 18.7. The Balaban J connectivity index is 1.46. The first-order valence-electron chi connectivity index (χ1n) is 10.4. The number of ether oxygens (including phenoxy) is 1. The predicted octanol–water partition coefficient (Wildman–Crippen LogP) is 4.63. The van der Waals surface area contributed by atoms with E-state index >= 15 is 0 Å². The third-order valence-electron chi connectivity index (χ3n) is 5.89. The molecule has 0 bridgehead atoms. The van der Waals surface area contributed by atoms with E-state index in [4.69, 9.17) is 9.15 Å². The number of carbonyl (C=O) groups excluding carboxylic acids is 1. The maximum absolute atomic E-state index is 12.9. The Morgan fingerprint density at radius 3 is 2.84 bits per heavy atom. The van der Waals surface area contributed by atoms with Crippen molar-refractivity contribution in [3.63, 3.8) is 0 Å². The summed E-state index contributed by atoms with van der Waals surface area (Å²) in [5.41, 5.74) is 3.07. The van der Waals surface area contributed by atoms with Gasteiger partial charge in [0.05, 0.1) is 19.3 Å². The van der Waals surface area contributed by atoms with Gasteiger partial charge in [-0.15, -0.1) is 11.3 Å². The number of amides is 1. The Bertz CT molecular complexity index is 1260. The lowest BCUT2D eigenvalue weighted by atomic mass is 10.0. The van der Waals surface area contributed by atoms with Gasteiger partial charge in [0.1, 0.15) is 21.1 Å². The number of hydrogen-bond acceptors (Lipinski definition) is 6. The SMILES string of the molecule is Cc1c(CN2CCO[C@H](c3c(C(=O)N(C)C)sc4ncccc34)C2)oc2ccccc12. The average Bonchev–Trinajstić information content (AvgIpc) is 3.31. The number of morpholine rings is 1. The number of fused-ring (bicyclic) bond motifs is 2. The molecule has 1 fully saturated rings. The molecule has 160 valence electrons. The summed E-state index contributed by atoms with van der Waals surface area (Å²) < 4.78 is 12.3. The van der Waals surface area contributed by atoms with E-state index in [9.17, 15) is 4.79 Å². The van der Waals surface area contributed by atoms with Crippen LogP contribution in [0.25, 0.3) is 21.2 Å². The Morgan fingerprint density at radius 2 is 2.03 bits per heavy atom. The minimum absolute atomic E-state index is 0.00754. The number of para-hydroxylation sites is 1. The van der Waals surface area contributed by atoms with Crippen molar-refractivity contribution in [3.05, 3.63) is 64.4 Å². The van der Waals surface area contributed by atoms with E-state index in [0.29, 0.717) is 18.0 Å². The molecule has 0 aliphatic carbocycles. The summed E-state index contributed by atoms with van der Waals surface area (Å²) in [6, 6.07) is 12.1. The smallest absolute Gasteiger partial charge is 0.263 e. The fourth-order valence-electron chi connectivity index (χ4n) is 4.23. The van der Waals surface area contributed by atoms with Crippen LogP contribution in [0.4, 0.5) is 0 Å². The molecule has 0 saturated carbocycles. The van der Waals surface area contributed by atoms with Crippen LogP contribution < -0.4 is 0 Å². The van der Waals surface area contributed by atoms with E-state index in [1.165, 1.54) is 16.9 Å². The lowest BCUT2D eigenvalue weighted by Crippen LogP contribution is -2.38. The Morgan fingerprint density at radius 1 is 1.23 bits per heavy atom. The molecule has 1 saturated heterocycles. The molecule has 7 heteroatoms. The zero-order chi connectivity index (χ0) is 21.5. The van der Waals surface area contributed by atoms with Gasteiger partial charge in [0.15, 0.2) is 0 Å². The highest BCUT2D eigenvalue weighted by atomic mass is 32.1. The highest BCUT2D eigenvalue weighted by Crippen LogP contribution is 2.38. The third kappa shape index (κ3) is 3.63. The van der Waals surface area contributed by atoms with Crippen molar-refractivity contribution in [3.8, 4) is 0 Å². The van der Waals surface area contributed by atoms with Crippen LogP contribution in [0, 0.1) is 6.92 Å². The molecule has 4 aromatic rings. The van der Waals surface area contributed by atoms with Gasteiger partial charge in [-0.2, -0.15) is 0 Å². The molecule has 1 amide bonds. The molecule has 31 heavy (non-hydrogen) atoms. The van der Waals surface area contributed by atoms with Gasteiger partial charge in [-0.1, -0.05) is 24.3 Å². The maximum atomic E-state index is 12.9. The van der Waals surface area contributed by atoms with Gasteiger partial charge in [0, 0.05) is 49.7 Å². The summed E-state index contributed by atoms with van der Waals surface area (Å²) >= 11 is 1.45. The molecule has 3 aromatic heterocycles. The molecule has 0 spiro atoms. The van der Waals surface area contributed by atoms with Crippen molar-refractivity contribution >= 4 is 38.4 Å². The largest absolute Gasteiger partial charge is 0.459 e. The number of furan rings is 1. The molecular formula is C24H25N3O3S. The molecule has 4 heterocycles. The van der Waals surface area contributed by atoms with E-state index in [1.54, 1.807) is 25.2 Å². The Hall–Kier alpha value is -2.74. The van der Waals surface area contributed by atoms with E-state index in [2.05, 4.69) is 22.9 Å². The minimum atomic E-state index is -0.185. The van der Waals surface area contributed by atoms with Gasteiger partial charge in [0.25, 0.3) is 5.91 Å². The molecular weight excluding hydrogens is 410 g/mol. The molecule has 5 rings (SSSR count). The fraction of sp³-hybridized carbons (Fsp3) is 0.333. The number of aromatic nitrogens is 1. The third-order valence-corrected chi connectivity index (χ3v) is 7.00. The number of hydrogen-bond donors (Lipinski definition) is 0. The Kier molecular flexibility index (Phi) is 5.25. The van der Waals surface area contributed by atoms with Gasteiger partial charge >= 0.3 is 0 Å². The monoisotopic (exact) mass is 435 g/mol. The van der Waals surface area contributed by atoms with Crippen LogP contribution in [-0.2, 0) is 11.3 Å². The molecule has 0 radical (unpaired) electrons. The first kappa shape index (κ1) is 20.2. The van der Waals surface area contributed by atoms with Crippen LogP contribution in [0.3, 0.4) is 0 Å². The number of thiophene rings is 1. The number of aryl methyl sites for hydroxylation is 1. The summed E-state index contributed by atoms with van der Waals surface area (Å²) in [6.07, 6.45) is 1.58. The Labute approximate surface area is 185 Å². The molecule has 0 unspecified atom stereocenters. The van der Waals surface area contributed by atoms with Crippen molar-refractivity contribution in [2.45, 2.75) is 19.6 Å². The summed E-state index contributed by atoms with van der Waals surface area (Å²) in [4.78, 5) is 23.0. The van der Waals surface area contributed by atoms with E-state index in [1.807, 2.05) is 30.3 Å². The van der Waals surface area contributed by atoms with Gasteiger partial charge in [-0.05, 0) is 24.6 Å². The second kappa shape index (κ2) is 8.07. The van der Waals surface area contributed by atoms with Crippen LogP contribution in [-0.4, -0.2) is 54.5 Å². The second-order valence-corrected chi connectivity index (χ2v) is 9.14. The van der Waals surface area contributed by atoms with Gasteiger partial charge in [-0.25, -0.2) is 4.98 Å². The quantitative estimate of drug-likeness (QED) is 0.468. The molecule has 1 aliphatic rings. The number of rotatable bonds is 4. The van der Waals surface area contributed by atoms with Crippen LogP contribution >= 0.6 is 11.3 Å². The normalized spacial score (nSPS) is 17.5. The summed E-state index contributed by atoms with van der Waals surface area (Å²) in [5.74, 6) is 0.982. The minimum Gasteiger partial charge on any atom is -0.459 e. The lowest BCUT2D eigenvalue weighted by Gasteiger charge is -2.33. The van der Waals surface area contributed by atoms with Crippen LogP contribution in [0.2, 0.25) is 0 Å². The number of carbonyl (C=O) groups is 1. The number of benzene rings is 1. The number of pyridine rings is 1. The fourth-order valence-corrected chi connectivity index (χ4v) is 5.45. The molecule has 0 N–H and O–H groups in total. The molecule has 1 aliphatic heterocycles.